The van der Waals surface area contributed by atoms with Crippen molar-refractivity contribution in [2.45, 2.75) is 13.1 Å². The van der Waals surface area contributed by atoms with Gasteiger partial charge in [0.2, 0.25) is 0 Å². The van der Waals surface area contributed by atoms with Crippen LogP contribution < -0.4 is 16.0 Å². The monoisotopic (exact) mass is 493 g/mol. The quantitative estimate of drug-likeness (QED) is 0.468. The van der Waals surface area contributed by atoms with Crippen LogP contribution in [-0.2, 0) is 22.9 Å². The van der Waals surface area contributed by atoms with Crippen molar-refractivity contribution in [2.24, 2.45) is 22.6 Å². The average Bonchev–Trinajstić information content (AvgIpc) is 3.03. The highest BCUT2D eigenvalue weighted by molar-refractivity contribution is 6.32. The molecule has 1 aromatic carbocycles. The Hall–Kier alpha value is -3.59. The lowest BCUT2D eigenvalue weighted by molar-refractivity contribution is -1.01. The molecule has 0 radical (unpaired) electrons. The minimum atomic E-state index is -4.98. The molecule has 0 fully saturated rings. The standard InChI is InChI=1S/C17H14ClF4N6O5/c1-8(29)33-28(3)14(23-24-25-28)7-32-12-5-11(10(19)4-9(12)18)27-15(30)6-13(17(20,21)22)26(2)16(27)31/h4-6H,7H2,1-3H3/q+1. The van der Waals surface area contributed by atoms with Gasteiger partial charge < -0.3 is 4.74 Å². The number of hydrogen-bond donors (Lipinski definition) is 0. The number of nitrogens with zero attached hydrogens (tertiary/aromatic N) is 6. The third-order valence-electron chi connectivity index (χ3n) is 4.37. The zero-order chi connectivity index (χ0) is 24.7. The van der Waals surface area contributed by atoms with E-state index in [1.54, 1.807) is 0 Å². The maximum atomic E-state index is 14.6. The fourth-order valence-corrected chi connectivity index (χ4v) is 3.02. The molecule has 0 saturated heterocycles. The van der Waals surface area contributed by atoms with Gasteiger partial charge in [-0.25, -0.2) is 23.4 Å². The lowest BCUT2D eigenvalue weighted by Gasteiger charge is -2.19. The molecule has 1 atom stereocenters. The molecule has 33 heavy (non-hydrogen) atoms. The van der Waals surface area contributed by atoms with Crippen molar-refractivity contribution in [2.75, 3.05) is 13.7 Å². The molecule has 11 nitrogen and oxygen atoms in total. The summed E-state index contributed by atoms with van der Waals surface area (Å²) in [5.41, 5.74) is -5.07. The molecular weight excluding hydrogens is 480 g/mol. The maximum Gasteiger partial charge on any atom is 0.431 e. The zero-order valence-electron chi connectivity index (χ0n) is 17.1. The number of hydrogen-bond acceptors (Lipinski definition) is 8. The van der Waals surface area contributed by atoms with E-state index in [1.807, 2.05) is 0 Å². The first-order chi connectivity index (χ1) is 15.2. The van der Waals surface area contributed by atoms with E-state index in [0.717, 1.165) is 20.0 Å². The third kappa shape index (κ3) is 4.63. The Bertz CT molecular complexity index is 1320. The molecule has 1 aliphatic heterocycles. The second kappa shape index (κ2) is 8.40. The number of benzene rings is 1. The summed E-state index contributed by atoms with van der Waals surface area (Å²) >= 11 is 5.96. The van der Waals surface area contributed by atoms with Gasteiger partial charge in [0.15, 0.2) is 6.61 Å². The molecule has 0 amide bonds. The summed E-state index contributed by atoms with van der Waals surface area (Å²) in [5.74, 6) is -2.15. The van der Waals surface area contributed by atoms with Gasteiger partial charge in [-0.2, -0.15) is 13.2 Å². The topological polar surface area (TPSA) is 117 Å². The summed E-state index contributed by atoms with van der Waals surface area (Å²) < 4.78 is 58.7. The number of ether oxygens (including phenoxy) is 1. The van der Waals surface area contributed by atoms with Crippen molar-refractivity contribution in [1.82, 2.24) is 9.13 Å². The van der Waals surface area contributed by atoms with E-state index in [1.165, 1.54) is 7.05 Å². The summed E-state index contributed by atoms with van der Waals surface area (Å²) in [4.78, 5) is 41.0. The van der Waals surface area contributed by atoms with Crippen molar-refractivity contribution >= 4 is 23.4 Å². The summed E-state index contributed by atoms with van der Waals surface area (Å²) in [6, 6.07) is 1.73. The van der Waals surface area contributed by atoms with E-state index in [-0.39, 0.29) is 31.8 Å². The van der Waals surface area contributed by atoms with E-state index >= 15 is 0 Å². The van der Waals surface area contributed by atoms with Gasteiger partial charge in [-0.3, -0.25) is 9.36 Å². The number of quaternary nitrogens is 1. The van der Waals surface area contributed by atoms with E-state index in [9.17, 15) is 31.9 Å². The second-order valence-corrected chi connectivity index (χ2v) is 7.13. The molecular formula is C17H14ClF4N6O5+. The Morgan fingerprint density at radius 3 is 2.52 bits per heavy atom. The SMILES string of the molecule is CC(=O)O[N+]1(C)N=NN=C1COc1cc(-n2c(=O)cc(C(F)(F)F)n(C)c2=O)c(F)cc1Cl. The summed E-state index contributed by atoms with van der Waals surface area (Å²) in [6.45, 7) is 0.697. The van der Waals surface area contributed by atoms with Crippen LogP contribution in [0.2, 0.25) is 5.02 Å². The minimum absolute atomic E-state index is 0.0187. The van der Waals surface area contributed by atoms with Gasteiger partial charge in [-0.05, 0) is 6.07 Å². The molecule has 0 N–H and O–H groups in total. The molecule has 3 rings (SSSR count). The summed E-state index contributed by atoms with van der Waals surface area (Å²) in [6.07, 6.45) is -4.98. The highest BCUT2D eigenvalue weighted by Gasteiger charge is 2.41. The van der Waals surface area contributed by atoms with Crippen LogP contribution in [0.3, 0.4) is 0 Å². The Morgan fingerprint density at radius 2 is 1.91 bits per heavy atom. The van der Waals surface area contributed by atoms with Gasteiger partial charge in [-0.15, -0.1) is 0 Å². The lowest BCUT2D eigenvalue weighted by Crippen LogP contribution is -2.46. The number of halogens is 5. The van der Waals surface area contributed by atoms with Crippen molar-refractivity contribution in [3.63, 3.8) is 0 Å². The highest BCUT2D eigenvalue weighted by atomic mass is 35.5. The third-order valence-corrected chi connectivity index (χ3v) is 4.66. The van der Waals surface area contributed by atoms with Gasteiger partial charge in [0, 0.05) is 31.3 Å². The van der Waals surface area contributed by atoms with Gasteiger partial charge in [0.25, 0.3) is 5.56 Å². The number of likely N-dealkylation sites (N-methyl/N-ethyl adjacent to an activating group) is 1. The number of carbonyl (C=O) groups is 1. The molecule has 1 aliphatic rings. The molecule has 2 heterocycles. The number of amidine groups is 1. The number of rotatable bonds is 5. The van der Waals surface area contributed by atoms with Crippen LogP contribution in [0.4, 0.5) is 17.6 Å². The first kappa shape index (κ1) is 24.1. The van der Waals surface area contributed by atoms with E-state index < -0.39 is 52.0 Å². The Balaban J connectivity index is 2.00. The molecule has 0 spiro atoms. The van der Waals surface area contributed by atoms with Crippen LogP contribution in [-0.4, -0.2) is 39.3 Å². The molecule has 0 saturated carbocycles. The molecule has 0 bridgehead atoms. The molecule has 0 aliphatic carbocycles. The first-order valence-electron chi connectivity index (χ1n) is 8.83. The van der Waals surface area contributed by atoms with Crippen LogP contribution in [0.1, 0.15) is 12.6 Å². The highest BCUT2D eigenvalue weighted by Crippen LogP contribution is 2.30. The lowest BCUT2D eigenvalue weighted by atomic mass is 10.2. The number of alkyl halides is 3. The van der Waals surface area contributed by atoms with Crippen LogP contribution in [0.15, 0.2) is 43.3 Å². The number of carbonyl (C=O) groups excluding carboxylic acids is 1. The van der Waals surface area contributed by atoms with Crippen molar-refractivity contribution < 1.29 is 36.7 Å². The van der Waals surface area contributed by atoms with Gasteiger partial charge >= 0.3 is 23.7 Å². The predicted octanol–water partition coefficient (Wildman–Crippen LogP) is 2.35. The Labute approximate surface area is 186 Å². The van der Waals surface area contributed by atoms with Gasteiger partial charge in [0.1, 0.15) is 29.5 Å². The predicted molar refractivity (Wildman–Crippen MR) is 103 cm³/mol. The largest absolute Gasteiger partial charge is 0.479 e. The fraction of sp³-hybridized carbons (Fsp3) is 0.294. The zero-order valence-corrected chi connectivity index (χ0v) is 17.8. The van der Waals surface area contributed by atoms with Crippen molar-refractivity contribution in [3.8, 4) is 11.4 Å². The first-order valence-corrected chi connectivity index (χ1v) is 9.21. The molecule has 2 aromatic rings. The van der Waals surface area contributed by atoms with Crippen molar-refractivity contribution in [1.29, 1.82) is 0 Å². The summed E-state index contributed by atoms with van der Waals surface area (Å²) in [7, 11) is 2.11. The van der Waals surface area contributed by atoms with E-state index in [2.05, 4.69) is 15.5 Å². The van der Waals surface area contributed by atoms with Gasteiger partial charge in [-0.1, -0.05) is 16.7 Å². The number of hydroxylamine groups is 2. The van der Waals surface area contributed by atoms with Crippen LogP contribution in [0, 0.1) is 5.82 Å². The van der Waals surface area contributed by atoms with E-state index in [4.69, 9.17) is 21.2 Å². The average molecular weight is 494 g/mol. The van der Waals surface area contributed by atoms with Gasteiger partial charge in [0.05, 0.1) is 15.5 Å². The second-order valence-electron chi connectivity index (χ2n) is 6.72. The minimum Gasteiger partial charge on any atom is -0.479 e. The maximum absolute atomic E-state index is 14.6. The summed E-state index contributed by atoms with van der Waals surface area (Å²) in [5, 5.41) is 10.4. The smallest absolute Gasteiger partial charge is 0.431 e. The molecule has 16 heteroatoms. The fourth-order valence-electron chi connectivity index (χ4n) is 2.81. The van der Waals surface area contributed by atoms with Crippen LogP contribution in [0.5, 0.6) is 5.75 Å². The van der Waals surface area contributed by atoms with Crippen LogP contribution in [0.25, 0.3) is 5.69 Å². The Kier molecular flexibility index (Phi) is 6.12. The molecule has 1 aromatic heterocycles. The Morgan fingerprint density at radius 1 is 1.24 bits per heavy atom. The molecule has 176 valence electrons. The molecule has 1 unspecified atom stereocenters. The normalized spacial score (nSPS) is 17.8. The van der Waals surface area contributed by atoms with Crippen LogP contribution >= 0.6 is 11.6 Å². The van der Waals surface area contributed by atoms with E-state index in [0.29, 0.717) is 6.07 Å². The number of aromatic nitrogens is 2. The van der Waals surface area contributed by atoms with Crippen molar-refractivity contribution in [3.05, 3.63) is 55.6 Å².